The van der Waals surface area contributed by atoms with Crippen LogP contribution in [0.5, 0.6) is 0 Å². The first-order valence-electron chi connectivity index (χ1n) is 6.30. The van der Waals surface area contributed by atoms with E-state index >= 15 is 0 Å². The summed E-state index contributed by atoms with van der Waals surface area (Å²) in [5, 5.41) is 0. The molecule has 0 radical (unpaired) electrons. The molecule has 0 saturated heterocycles. The van der Waals surface area contributed by atoms with E-state index in [0.29, 0.717) is 12.1 Å². The van der Waals surface area contributed by atoms with Gasteiger partial charge in [-0.1, -0.05) is 38.5 Å². The van der Waals surface area contributed by atoms with E-state index in [1.807, 2.05) is 0 Å². The van der Waals surface area contributed by atoms with Crippen molar-refractivity contribution in [3.8, 4) is 0 Å². The fourth-order valence-electron chi connectivity index (χ4n) is 2.21. The molecule has 2 heteroatoms. The summed E-state index contributed by atoms with van der Waals surface area (Å²) in [4.78, 5) is 0. The van der Waals surface area contributed by atoms with Crippen LogP contribution < -0.4 is 11.5 Å². The van der Waals surface area contributed by atoms with E-state index in [0.717, 1.165) is 25.7 Å². The van der Waals surface area contributed by atoms with Gasteiger partial charge in [-0.15, -0.1) is 0 Å². The third-order valence-corrected chi connectivity index (χ3v) is 3.32. The summed E-state index contributed by atoms with van der Waals surface area (Å²) < 4.78 is 0. The van der Waals surface area contributed by atoms with Crippen molar-refractivity contribution >= 4 is 0 Å². The molecule has 0 aromatic rings. The summed E-state index contributed by atoms with van der Waals surface area (Å²) in [6, 6.07) is 0.879. The predicted octanol–water partition coefficient (Wildman–Crippen LogP) is 2.56. The smallest absolute Gasteiger partial charge is 0.00399 e. The van der Waals surface area contributed by atoms with Crippen molar-refractivity contribution in [1.29, 1.82) is 0 Å². The Hall–Kier alpha value is -0.0800. The number of nitrogens with two attached hydrogens (primary N) is 2. The monoisotopic (exact) mass is 198 g/mol. The van der Waals surface area contributed by atoms with E-state index in [1.54, 1.807) is 0 Å². The van der Waals surface area contributed by atoms with Gasteiger partial charge in [-0.05, 0) is 25.7 Å². The molecule has 0 aromatic heterocycles. The van der Waals surface area contributed by atoms with Gasteiger partial charge in [0, 0.05) is 12.1 Å². The van der Waals surface area contributed by atoms with Gasteiger partial charge in [0.2, 0.25) is 0 Å². The summed E-state index contributed by atoms with van der Waals surface area (Å²) in [6.07, 6.45) is 13.5. The van der Waals surface area contributed by atoms with Gasteiger partial charge in [0.15, 0.2) is 0 Å². The average molecular weight is 198 g/mol. The number of hydrogen-bond acceptors (Lipinski definition) is 2. The van der Waals surface area contributed by atoms with Crippen molar-refractivity contribution in [3.05, 3.63) is 0 Å². The highest BCUT2D eigenvalue weighted by Gasteiger charge is 2.13. The lowest BCUT2D eigenvalue weighted by Gasteiger charge is -2.22. The lowest BCUT2D eigenvalue weighted by atomic mass is 9.93. The summed E-state index contributed by atoms with van der Waals surface area (Å²) in [7, 11) is 0. The van der Waals surface area contributed by atoms with Gasteiger partial charge >= 0.3 is 0 Å². The molecule has 84 valence electrons. The molecule has 2 fully saturated rings. The minimum absolute atomic E-state index is 0.440. The summed E-state index contributed by atoms with van der Waals surface area (Å²) in [5.41, 5.74) is 11.3. The van der Waals surface area contributed by atoms with Crippen molar-refractivity contribution in [2.45, 2.75) is 76.3 Å². The fraction of sp³-hybridized carbons (Fsp3) is 1.00. The first kappa shape index (κ1) is 12.0. The molecule has 0 spiro atoms. The zero-order valence-corrected chi connectivity index (χ0v) is 9.38. The van der Waals surface area contributed by atoms with Crippen LogP contribution in [0.15, 0.2) is 0 Å². The molecule has 2 aliphatic carbocycles. The van der Waals surface area contributed by atoms with Gasteiger partial charge < -0.3 is 11.5 Å². The molecule has 14 heavy (non-hydrogen) atoms. The molecule has 2 nitrogen and oxygen atoms in total. The molecular weight excluding hydrogens is 172 g/mol. The molecule has 2 aliphatic rings. The van der Waals surface area contributed by atoms with Gasteiger partial charge in [-0.2, -0.15) is 0 Å². The molecule has 0 heterocycles. The molecule has 0 atom stereocenters. The third-order valence-electron chi connectivity index (χ3n) is 3.32. The lowest BCUT2D eigenvalue weighted by molar-refractivity contribution is 0.395. The molecule has 0 aromatic carbocycles. The second-order valence-corrected chi connectivity index (χ2v) is 4.80. The van der Waals surface area contributed by atoms with Crippen molar-refractivity contribution in [1.82, 2.24) is 0 Å². The van der Waals surface area contributed by atoms with E-state index in [4.69, 9.17) is 11.5 Å². The van der Waals surface area contributed by atoms with E-state index < -0.39 is 0 Å². The standard InChI is InChI=1S/C6H14N2.C6H12/c7-5-1-2-6(8)4-3-5;1-2-4-6-5-3-1/h5-6H,1-4,7-8H2;1-6H2. The van der Waals surface area contributed by atoms with E-state index in [-0.39, 0.29) is 0 Å². The highest BCUT2D eigenvalue weighted by atomic mass is 14.7. The van der Waals surface area contributed by atoms with Crippen LogP contribution in [0.25, 0.3) is 0 Å². The summed E-state index contributed by atoms with van der Waals surface area (Å²) >= 11 is 0. The number of hydrogen-bond donors (Lipinski definition) is 2. The Labute approximate surface area is 88.4 Å². The highest BCUT2D eigenvalue weighted by Crippen LogP contribution is 2.15. The molecule has 0 unspecified atom stereocenters. The van der Waals surface area contributed by atoms with Crippen LogP contribution in [-0.4, -0.2) is 12.1 Å². The molecule has 4 N–H and O–H groups in total. The summed E-state index contributed by atoms with van der Waals surface area (Å²) in [6.45, 7) is 0. The van der Waals surface area contributed by atoms with Gasteiger partial charge in [-0.25, -0.2) is 0 Å². The van der Waals surface area contributed by atoms with Crippen LogP contribution >= 0.6 is 0 Å². The van der Waals surface area contributed by atoms with Gasteiger partial charge in [-0.3, -0.25) is 0 Å². The maximum absolute atomic E-state index is 5.64. The van der Waals surface area contributed by atoms with Crippen molar-refractivity contribution in [2.75, 3.05) is 0 Å². The van der Waals surface area contributed by atoms with Gasteiger partial charge in [0.1, 0.15) is 0 Å². The molecule has 0 amide bonds. The van der Waals surface area contributed by atoms with Crippen LogP contribution in [0.1, 0.15) is 64.2 Å². The van der Waals surface area contributed by atoms with E-state index in [1.165, 1.54) is 38.5 Å². The lowest BCUT2D eigenvalue weighted by Crippen LogP contribution is -2.33. The predicted molar refractivity (Wildman–Crippen MR) is 62.1 cm³/mol. The fourth-order valence-corrected chi connectivity index (χ4v) is 2.21. The molecular formula is C12H26N2. The highest BCUT2D eigenvalue weighted by molar-refractivity contribution is 4.75. The number of rotatable bonds is 0. The molecule has 2 saturated carbocycles. The SMILES string of the molecule is C1CCCCC1.NC1CCC(N)CC1. The van der Waals surface area contributed by atoms with Crippen LogP contribution in [-0.2, 0) is 0 Å². The van der Waals surface area contributed by atoms with Gasteiger partial charge in [0.05, 0.1) is 0 Å². The van der Waals surface area contributed by atoms with Gasteiger partial charge in [0.25, 0.3) is 0 Å². The Bertz CT molecular complexity index is 103. The Morgan fingerprint density at radius 1 is 0.500 bits per heavy atom. The molecule has 0 bridgehead atoms. The topological polar surface area (TPSA) is 52.0 Å². The van der Waals surface area contributed by atoms with Crippen molar-refractivity contribution < 1.29 is 0 Å². The first-order chi connectivity index (χ1) is 6.79. The van der Waals surface area contributed by atoms with Crippen molar-refractivity contribution in [3.63, 3.8) is 0 Å². The second-order valence-electron chi connectivity index (χ2n) is 4.80. The van der Waals surface area contributed by atoms with Crippen LogP contribution in [0.4, 0.5) is 0 Å². The average Bonchev–Trinajstić information content (AvgIpc) is 2.26. The Balaban J connectivity index is 0.000000146. The van der Waals surface area contributed by atoms with Crippen molar-refractivity contribution in [2.24, 2.45) is 11.5 Å². The Kier molecular flexibility index (Phi) is 6.20. The normalized spacial score (nSPS) is 33.0. The molecule has 2 rings (SSSR count). The Morgan fingerprint density at radius 2 is 0.714 bits per heavy atom. The second kappa shape index (κ2) is 7.24. The zero-order valence-electron chi connectivity index (χ0n) is 9.38. The third kappa shape index (κ3) is 5.61. The largest absolute Gasteiger partial charge is 0.328 e. The van der Waals surface area contributed by atoms with E-state index in [2.05, 4.69) is 0 Å². The maximum Gasteiger partial charge on any atom is 0.00399 e. The first-order valence-corrected chi connectivity index (χ1v) is 6.30. The quantitative estimate of drug-likeness (QED) is 0.628. The van der Waals surface area contributed by atoms with Crippen LogP contribution in [0, 0.1) is 0 Å². The minimum Gasteiger partial charge on any atom is -0.328 e. The summed E-state index contributed by atoms with van der Waals surface area (Å²) in [5.74, 6) is 0. The van der Waals surface area contributed by atoms with Crippen LogP contribution in [0.2, 0.25) is 0 Å². The maximum atomic E-state index is 5.64. The van der Waals surface area contributed by atoms with Crippen LogP contribution in [0.3, 0.4) is 0 Å². The Morgan fingerprint density at radius 3 is 0.929 bits per heavy atom. The minimum atomic E-state index is 0.440. The van der Waals surface area contributed by atoms with E-state index in [9.17, 15) is 0 Å². The zero-order chi connectivity index (χ0) is 10.2. The molecule has 0 aliphatic heterocycles.